The minimum atomic E-state index is -0.660. The summed E-state index contributed by atoms with van der Waals surface area (Å²) in [4.78, 5) is 14.5. The lowest BCUT2D eigenvalue weighted by atomic mass is 10.2. The smallest absolute Gasteiger partial charge is 0.311 e. The maximum Gasteiger partial charge on any atom is 0.311 e. The Labute approximate surface area is 115 Å². The molecule has 0 spiro atoms. The van der Waals surface area contributed by atoms with Gasteiger partial charge < -0.3 is 9.84 Å². The van der Waals surface area contributed by atoms with Gasteiger partial charge >= 0.3 is 5.69 Å². The number of aliphatic hydroxyl groups is 1. The standard InChI is InChI=1S/C14H14N2O4/c1-9-4-3-5-12(16(18)19)14(9)20-13-8-11(10(2)17)6-7-15-13/h3-8,10,17H,1-2H3/t10-/m1/s1. The Morgan fingerprint density at radius 3 is 2.80 bits per heavy atom. The molecule has 0 aliphatic heterocycles. The molecule has 1 atom stereocenters. The van der Waals surface area contributed by atoms with Crippen LogP contribution in [0, 0.1) is 17.0 Å². The second-order valence-corrected chi connectivity index (χ2v) is 4.39. The van der Waals surface area contributed by atoms with Gasteiger partial charge in [-0.3, -0.25) is 10.1 Å². The van der Waals surface area contributed by atoms with E-state index < -0.39 is 11.0 Å². The molecule has 2 rings (SSSR count). The molecule has 2 aromatic rings. The number of hydrogen-bond donors (Lipinski definition) is 1. The van der Waals surface area contributed by atoms with E-state index in [1.807, 2.05) is 0 Å². The highest BCUT2D eigenvalue weighted by atomic mass is 16.6. The average Bonchev–Trinajstić information content (AvgIpc) is 2.41. The highest BCUT2D eigenvalue weighted by Gasteiger charge is 2.18. The van der Waals surface area contributed by atoms with Crippen LogP contribution < -0.4 is 4.74 Å². The number of ether oxygens (including phenoxy) is 1. The van der Waals surface area contributed by atoms with E-state index in [-0.39, 0.29) is 17.3 Å². The van der Waals surface area contributed by atoms with Gasteiger partial charge in [-0.05, 0) is 31.0 Å². The molecule has 0 saturated heterocycles. The lowest BCUT2D eigenvalue weighted by molar-refractivity contribution is -0.385. The molecule has 0 bridgehead atoms. The highest BCUT2D eigenvalue weighted by molar-refractivity contribution is 5.52. The molecular weight excluding hydrogens is 260 g/mol. The zero-order valence-corrected chi connectivity index (χ0v) is 11.1. The fraction of sp³-hybridized carbons (Fsp3) is 0.214. The molecule has 6 nitrogen and oxygen atoms in total. The molecule has 1 aromatic carbocycles. The SMILES string of the molecule is Cc1cccc([N+](=O)[O-])c1Oc1cc([C@@H](C)O)ccn1. The molecule has 0 saturated carbocycles. The molecule has 0 radical (unpaired) electrons. The first-order chi connectivity index (χ1) is 9.49. The van der Waals surface area contributed by atoms with Crippen molar-refractivity contribution in [2.24, 2.45) is 0 Å². The Kier molecular flexibility index (Phi) is 3.95. The van der Waals surface area contributed by atoms with Crippen molar-refractivity contribution in [1.29, 1.82) is 0 Å². The molecule has 1 heterocycles. The van der Waals surface area contributed by atoms with Gasteiger partial charge in [0.1, 0.15) is 0 Å². The van der Waals surface area contributed by atoms with E-state index in [4.69, 9.17) is 4.74 Å². The van der Waals surface area contributed by atoms with Gasteiger partial charge in [0.05, 0.1) is 11.0 Å². The summed E-state index contributed by atoms with van der Waals surface area (Å²) in [6.45, 7) is 3.34. The fourth-order valence-electron chi connectivity index (χ4n) is 1.76. The molecule has 104 valence electrons. The van der Waals surface area contributed by atoms with E-state index >= 15 is 0 Å². The van der Waals surface area contributed by atoms with Gasteiger partial charge in [0, 0.05) is 18.3 Å². The van der Waals surface area contributed by atoms with E-state index in [1.165, 1.54) is 12.3 Å². The zero-order chi connectivity index (χ0) is 14.7. The average molecular weight is 274 g/mol. The van der Waals surface area contributed by atoms with Crippen LogP contribution in [0.4, 0.5) is 5.69 Å². The maximum absolute atomic E-state index is 11.0. The van der Waals surface area contributed by atoms with Gasteiger partial charge in [0.2, 0.25) is 11.6 Å². The molecule has 0 fully saturated rings. The minimum absolute atomic E-state index is 0.116. The van der Waals surface area contributed by atoms with Crippen molar-refractivity contribution >= 4 is 5.69 Å². The highest BCUT2D eigenvalue weighted by Crippen LogP contribution is 2.34. The summed E-state index contributed by atoms with van der Waals surface area (Å²) in [5, 5.41) is 20.5. The van der Waals surface area contributed by atoms with Crippen molar-refractivity contribution in [2.75, 3.05) is 0 Å². The van der Waals surface area contributed by atoms with Crippen LogP contribution in [0.3, 0.4) is 0 Å². The third-order valence-electron chi connectivity index (χ3n) is 2.84. The number of benzene rings is 1. The summed E-state index contributed by atoms with van der Waals surface area (Å²) in [5.74, 6) is 0.369. The molecule has 0 aliphatic carbocycles. The van der Waals surface area contributed by atoms with Crippen LogP contribution in [0.2, 0.25) is 0 Å². The lowest BCUT2D eigenvalue weighted by Gasteiger charge is -2.10. The normalized spacial score (nSPS) is 11.9. The second-order valence-electron chi connectivity index (χ2n) is 4.39. The number of hydrogen-bond acceptors (Lipinski definition) is 5. The van der Waals surface area contributed by atoms with Gasteiger partial charge in [0.15, 0.2) is 0 Å². The lowest BCUT2D eigenvalue weighted by Crippen LogP contribution is -1.98. The summed E-state index contributed by atoms with van der Waals surface area (Å²) in [6, 6.07) is 7.91. The van der Waals surface area contributed by atoms with Crippen LogP contribution in [0.15, 0.2) is 36.5 Å². The van der Waals surface area contributed by atoms with Crippen molar-refractivity contribution in [3.8, 4) is 11.6 Å². The molecule has 20 heavy (non-hydrogen) atoms. The number of nitro groups is 1. The molecule has 1 N–H and O–H groups in total. The van der Waals surface area contributed by atoms with Crippen LogP contribution in [-0.4, -0.2) is 15.0 Å². The van der Waals surface area contributed by atoms with Crippen LogP contribution in [0.5, 0.6) is 11.6 Å². The molecule has 0 aliphatic rings. The molecule has 0 amide bonds. The number of para-hydroxylation sites is 1. The third kappa shape index (κ3) is 2.92. The maximum atomic E-state index is 11.0. The third-order valence-corrected chi connectivity index (χ3v) is 2.84. The number of nitro benzene ring substituents is 1. The first-order valence-corrected chi connectivity index (χ1v) is 6.05. The summed E-state index contributed by atoms with van der Waals surface area (Å²) in [7, 11) is 0. The van der Waals surface area contributed by atoms with Crippen LogP contribution in [0.25, 0.3) is 0 Å². The zero-order valence-electron chi connectivity index (χ0n) is 11.1. The summed E-state index contributed by atoms with van der Waals surface area (Å²) < 4.78 is 5.53. The molecular formula is C14H14N2O4. The molecule has 0 unspecified atom stereocenters. The Bertz CT molecular complexity index is 641. The van der Waals surface area contributed by atoms with Crippen LogP contribution in [-0.2, 0) is 0 Å². The Morgan fingerprint density at radius 1 is 1.40 bits per heavy atom. The van der Waals surface area contributed by atoms with Crippen LogP contribution >= 0.6 is 0 Å². The monoisotopic (exact) mass is 274 g/mol. The van der Waals surface area contributed by atoms with Crippen molar-refractivity contribution in [2.45, 2.75) is 20.0 Å². The van der Waals surface area contributed by atoms with Gasteiger partial charge in [-0.1, -0.05) is 12.1 Å². The number of aryl methyl sites for hydroxylation is 1. The van der Waals surface area contributed by atoms with E-state index in [9.17, 15) is 15.2 Å². The van der Waals surface area contributed by atoms with Crippen molar-refractivity contribution < 1.29 is 14.8 Å². The van der Waals surface area contributed by atoms with Gasteiger partial charge in [0.25, 0.3) is 0 Å². The van der Waals surface area contributed by atoms with Gasteiger partial charge in [-0.2, -0.15) is 0 Å². The Balaban J connectivity index is 2.40. The quantitative estimate of drug-likeness (QED) is 0.683. The summed E-state index contributed by atoms with van der Waals surface area (Å²) in [5.41, 5.74) is 1.16. The van der Waals surface area contributed by atoms with E-state index in [2.05, 4.69) is 4.98 Å². The predicted molar refractivity (Wildman–Crippen MR) is 72.8 cm³/mol. The topological polar surface area (TPSA) is 85.5 Å². The van der Waals surface area contributed by atoms with Crippen LogP contribution in [0.1, 0.15) is 24.2 Å². The summed E-state index contributed by atoms with van der Waals surface area (Å²) in [6.07, 6.45) is 0.828. The second kappa shape index (κ2) is 5.66. The molecule has 1 aromatic heterocycles. The first kappa shape index (κ1) is 14.0. The van der Waals surface area contributed by atoms with E-state index in [0.29, 0.717) is 11.1 Å². The summed E-state index contributed by atoms with van der Waals surface area (Å²) >= 11 is 0. The number of aliphatic hydroxyl groups excluding tert-OH is 1. The largest absolute Gasteiger partial charge is 0.432 e. The first-order valence-electron chi connectivity index (χ1n) is 6.05. The minimum Gasteiger partial charge on any atom is -0.432 e. The van der Waals surface area contributed by atoms with Crippen molar-refractivity contribution in [3.05, 3.63) is 57.8 Å². The van der Waals surface area contributed by atoms with Crippen molar-refractivity contribution in [3.63, 3.8) is 0 Å². The number of nitrogens with zero attached hydrogens (tertiary/aromatic N) is 2. The van der Waals surface area contributed by atoms with E-state index in [0.717, 1.165) is 0 Å². The number of rotatable bonds is 4. The van der Waals surface area contributed by atoms with Gasteiger partial charge in [-0.25, -0.2) is 4.98 Å². The Hall–Kier alpha value is -2.47. The fourth-order valence-corrected chi connectivity index (χ4v) is 1.76. The van der Waals surface area contributed by atoms with Crippen molar-refractivity contribution in [1.82, 2.24) is 4.98 Å². The number of aromatic nitrogens is 1. The predicted octanol–water partition coefficient (Wildman–Crippen LogP) is 3.14. The number of pyridine rings is 1. The molecule has 6 heteroatoms. The van der Waals surface area contributed by atoms with E-state index in [1.54, 1.807) is 38.1 Å². The Morgan fingerprint density at radius 2 is 2.15 bits per heavy atom. The van der Waals surface area contributed by atoms with Gasteiger partial charge in [-0.15, -0.1) is 0 Å².